The van der Waals surface area contributed by atoms with Crippen LogP contribution >= 0.6 is 11.3 Å². The first kappa shape index (κ1) is 29.0. The summed E-state index contributed by atoms with van der Waals surface area (Å²) < 4.78 is 18.7. The Kier molecular flexibility index (Phi) is 11.9. The number of halogens is 1. The van der Waals surface area contributed by atoms with Gasteiger partial charge in [0, 0.05) is 54.6 Å². The second kappa shape index (κ2) is 14.4. The minimum atomic E-state index is -0.361. The Morgan fingerprint density at radius 3 is 2.43 bits per heavy atom. The summed E-state index contributed by atoms with van der Waals surface area (Å²) >= 11 is 1.75. The maximum atomic E-state index is 13.4. The van der Waals surface area contributed by atoms with Crippen LogP contribution in [-0.4, -0.2) is 54.6 Å². The Morgan fingerprint density at radius 1 is 1.14 bits per heavy atom. The van der Waals surface area contributed by atoms with E-state index in [0.29, 0.717) is 36.5 Å². The van der Waals surface area contributed by atoms with E-state index >= 15 is 0 Å². The predicted molar refractivity (Wildman–Crippen MR) is 144 cm³/mol. The Morgan fingerprint density at radius 2 is 1.80 bits per heavy atom. The zero-order valence-corrected chi connectivity index (χ0v) is 23.3. The van der Waals surface area contributed by atoms with E-state index in [-0.39, 0.29) is 18.1 Å². The van der Waals surface area contributed by atoms with Gasteiger partial charge in [0.05, 0.1) is 25.8 Å². The van der Waals surface area contributed by atoms with Gasteiger partial charge in [0.1, 0.15) is 11.6 Å². The first-order valence-corrected chi connectivity index (χ1v) is 14.0. The highest BCUT2D eigenvalue weighted by Gasteiger charge is 2.39. The molecule has 0 spiro atoms. The number of rotatable bonds is 4. The predicted octanol–water partition coefficient (Wildman–Crippen LogP) is 5.44. The number of carbonyl (C=O) groups is 1. The van der Waals surface area contributed by atoms with Crippen LogP contribution in [0, 0.1) is 5.82 Å². The molecule has 2 bridgehead atoms. The molecule has 6 nitrogen and oxygen atoms in total. The highest BCUT2D eigenvalue weighted by atomic mass is 32.1. The third-order valence-corrected chi connectivity index (χ3v) is 7.36. The van der Waals surface area contributed by atoms with Crippen LogP contribution < -0.4 is 15.0 Å². The van der Waals surface area contributed by atoms with Crippen LogP contribution in [0.5, 0.6) is 5.75 Å². The number of benzene rings is 1. The smallest absolute Gasteiger partial charge is 0.227 e. The van der Waals surface area contributed by atoms with Gasteiger partial charge in [-0.2, -0.15) is 0 Å². The van der Waals surface area contributed by atoms with E-state index < -0.39 is 0 Å². The van der Waals surface area contributed by atoms with Gasteiger partial charge in [-0.25, -0.2) is 9.37 Å². The number of carbonyl (C=O) groups excluding carboxylic acids is 1. The summed E-state index contributed by atoms with van der Waals surface area (Å²) in [5, 5.41) is 4.64. The lowest BCUT2D eigenvalue weighted by molar-refractivity contribution is -0.131. The Labute approximate surface area is 214 Å². The molecular weight excluding hydrogens is 463 g/mol. The summed E-state index contributed by atoms with van der Waals surface area (Å²) in [7, 11) is 1.50. The lowest BCUT2D eigenvalue weighted by Gasteiger charge is -2.35. The van der Waals surface area contributed by atoms with Gasteiger partial charge in [0.2, 0.25) is 5.91 Å². The van der Waals surface area contributed by atoms with E-state index in [1.807, 2.05) is 46.4 Å². The number of piperazine rings is 1. The first-order valence-electron chi connectivity index (χ1n) is 13.2. The Hall–Kier alpha value is -2.19. The highest BCUT2D eigenvalue weighted by Crippen LogP contribution is 2.38. The van der Waals surface area contributed by atoms with Crippen LogP contribution in [0.25, 0.3) is 0 Å². The average Bonchev–Trinajstić information content (AvgIpc) is 3.44. The van der Waals surface area contributed by atoms with Crippen molar-refractivity contribution in [2.24, 2.45) is 0 Å². The van der Waals surface area contributed by atoms with Crippen LogP contribution in [0.2, 0.25) is 0 Å². The number of anilines is 1. The molecule has 2 atom stereocenters. The van der Waals surface area contributed by atoms with Crippen molar-refractivity contribution in [3.8, 4) is 5.75 Å². The van der Waals surface area contributed by atoms with E-state index in [4.69, 9.17) is 9.72 Å². The van der Waals surface area contributed by atoms with Crippen molar-refractivity contribution < 1.29 is 13.9 Å². The van der Waals surface area contributed by atoms with Crippen molar-refractivity contribution in [1.29, 1.82) is 0 Å². The molecule has 3 aliphatic heterocycles. The number of amides is 1. The molecule has 1 aromatic carbocycles. The minimum Gasteiger partial charge on any atom is -0.496 e. The topological polar surface area (TPSA) is 57.7 Å². The van der Waals surface area contributed by atoms with Crippen molar-refractivity contribution in [2.75, 3.05) is 31.6 Å². The number of nitrogens with zero attached hydrogens (tertiary/aromatic N) is 3. The molecule has 4 heterocycles. The molecule has 2 saturated heterocycles. The zero-order valence-electron chi connectivity index (χ0n) is 22.5. The SMILES string of the molecule is CC.CC.CC.COc1cc(F)ccc1CC(=O)N1CCc2nc(N3C4CCC3CNC4)sc2C1. The maximum absolute atomic E-state index is 13.4. The quantitative estimate of drug-likeness (QED) is 0.599. The molecule has 3 aliphatic rings. The summed E-state index contributed by atoms with van der Waals surface area (Å²) in [6, 6.07) is 5.42. The van der Waals surface area contributed by atoms with Crippen molar-refractivity contribution in [2.45, 2.75) is 85.9 Å². The van der Waals surface area contributed by atoms with Gasteiger partial charge in [0.25, 0.3) is 0 Å². The largest absolute Gasteiger partial charge is 0.496 e. The lowest BCUT2D eigenvalue weighted by Crippen LogP contribution is -2.51. The van der Waals surface area contributed by atoms with Gasteiger partial charge in [-0.15, -0.1) is 0 Å². The number of aromatic nitrogens is 1. The Bertz CT molecular complexity index is 920. The molecule has 2 unspecified atom stereocenters. The van der Waals surface area contributed by atoms with E-state index in [1.165, 1.54) is 37.0 Å². The Balaban J connectivity index is 0.000000671. The molecule has 2 aromatic rings. The molecule has 1 N–H and O–H groups in total. The van der Waals surface area contributed by atoms with E-state index in [9.17, 15) is 9.18 Å². The molecular formula is C27H43FN4O2S. The van der Waals surface area contributed by atoms with Gasteiger partial charge in [0.15, 0.2) is 5.13 Å². The van der Waals surface area contributed by atoms with Crippen molar-refractivity contribution >= 4 is 22.4 Å². The van der Waals surface area contributed by atoms with Crippen LogP contribution in [0.3, 0.4) is 0 Å². The highest BCUT2D eigenvalue weighted by molar-refractivity contribution is 7.15. The van der Waals surface area contributed by atoms with E-state index in [1.54, 1.807) is 17.4 Å². The summed E-state index contributed by atoms with van der Waals surface area (Å²) in [4.78, 5) is 23.4. The zero-order chi connectivity index (χ0) is 26.0. The molecule has 0 aliphatic carbocycles. The molecule has 196 valence electrons. The molecule has 1 amide bonds. The van der Waals surface area contributed by atoms with Gasteiger partial charge in [-0.1, -0.05) is 58.9 Å². The van der Waals surface area contributed by atoms with Crippen LogP contribution in [0.4, 0.5) is 9.52 Å². The van der Waals surface area contributed by atoms with E-state index in [0.717, 1.165) is 30.3 Å². The fourth-order valence-electron chi connectivity index (χ4n) is 4.74. The van der Waals surface area contributed by atoms with E-state index in [2.05, 4.69) is 10.2 Å². The molecule has 35 heavy (non-hydrogen) atoms. The maximum Gasteiger partial charge on any atom is 0.227 e. The first-order chi connectivity index (χ1) is 17.1. The number of hydrogen-bond acceptors (Lipinski definition) is 6. The minimum absolute atomic E-state index is 0.0396. The number of hydrogen-bond donors (Lipinski definition) is 1. The van der Waals surface area contributed by atoms with Crippen LogP contribution in [-0.2, 0) is 24.2 Å². The van der Waals surface area contributed by atoms with Crippen molar-refractivity contribution in [3.63, 3.8) is 0 Å². The standard InChI is InChI=1S/C21H25FN4O2S.3C2H6/c1-28-18-9-14(22)3-2-13(18)8-20(27)25-7-6-17-19(12-25)29-21(24-17)26-15-4-5-16(26)11-23-10-15;3*1-2/h2-3,9,15-16,23H,4-8,10-12H2,1H3;3*1-2H3. The second-order valence-corrected chi connectivity index (χ2v) is 9.08. The van der Waals surface area contributed by atoms with Gasteiger partial charge in [-0.05, 0) is 18.9 Å². The monoisotopic (exact) mass is 506 g/mol. The molecule has 0 radical (unpaired) electrons. The van der Waals surface area contributed by atoms with Gasteiger partial charge >= 0.3 is 0 Å². The summed E-state index contributed by atoms with van der Waals surface area (Å²) in [5.41, 5.74) is 1.86. The number of nitrogens with one attached hydrogen (secondary N) is 1. The number of thiazole rings is 1. The molecule has 1 aromatic heterocycles. The normalized spacial score (nSPS) is 19.8. The third-order valence-electron chi connectivity index (χ3n) is 6.26. The molecule has 2 fully saturated rings. The summed E-state index contributed by atoms with van der Waals surface area (Å²) in [6.07, 6.45) is 3.46. The molecule has 8 heteroatoms. The van der Waals surface area contributed by atoms with Gasteiger partial charge in [-0.3, -0.25) is 4.79 Å². The third kappa shape index (κ3) is 6.73. The second-order valence-electron chi connectivity index (χ2n) is 8.02. The van der Waals surface area contributed by atoms with Crippen LogP contribution in [0.15, 0.2) is 18.2 Å². The van der Waals surface area contributed by atoms with Crippen molar-refractivity contribution in [1.82, 2.24) is 15.2 Å². The fourth-order valence-corrected chi connectivity index (χ4v) is 6.00. The molecule has 0 saturated carbocycles. The fraction of sp³-hybridized carbons (Fsp3) is 0.630. The lowest BCUT2D eigenvalue weighted by atomic mass is 10.1. The number of ether oxygens (including phenoxy) is 1. The average molecular weight is 507 g/mol. The number of methoxy groups -OCH3 is 1. The summed E-state index contributed by atoms with van der Waals surface area (Å²) in [6.45, 7) is 15.3. The van der Waals surface area contributed by atoms with Crippen LogP contribution in [0.1, 0.15) is 70.5 Å². The summed E-state index contributed by atoms with van der Waals surface area (Å²) in [5.74, 6) is 0.0998. The van der Waals surface area contributed by atoms with Crippen molar-refractivity contribution in [3.05, 3.63) is 40.2 Å². The molecule has 5 rings (SSSR count). The number of fused-ring (bicyclic) bond motifs is 3. The van der Waals surface area contributed by atoms with Gasteiger partial charge < -0.3 is 19.9 Å².